The highest BCUT2D eigenvalue weighted by Crippen LogP contribution is 2.32. The first kappa shape index (κ1) is 14.6. The molecule has 2 aromatic rings. The number of rotatable bonds is 6. The summed E-state index contributed by atoms with van der Waals surface area (Å²) >= 11 is 0. The van der Waals surface area contributed by atoms with Gasteiger partial charge in [-0.05, 0) is 25.1 Å². The van der Waals surface area contributed by atoms with Gasteiger partial charge in [-0.2, -0.15) is 4.98 Å². The van der Waals surface area contributed by atoms with Crippen molar-refractivity contribution in [1.29, 1.82) is 0 Å². The summed E-state index contributed by atoms with van der Waals surface area (Å²) in [6, 6.07) is 9.51. The second-order valence-corrected chi connectivity index (χ2v) is 4.02. The number of nitrogens with zero attached hydrogens (tertiary/aromatic N) is 1. The van der Waals surface area contributed by atoms with E-state index in [-0.39, 0.29) is 5.56 Å². The van der Waals surface area contributed by atoms with Crippen LogP contribution in [-0.2, 0) is 0 Å². The fourth-order valence-electron chi connectivity index (χ4n) is 1.68. The number of carboxylic acid groups (broad SMARTS) is 1. The van der Waals surface area contributed by atoms with Crippen LogP contribution in [0.2, 0.25) is 0 Å². The highest BCUT2D eigenvalue weighted by Gasteiger charge is 2.11. The molecule has 6 nitrogen and oxygen atoms in total. The Kier molecular flexibility index (Phi) is 4.61. The van der Waals surface area contributed by atoms with Crippen molar-refractivity contribution in [3.8, 4) is 23.3 Å². The number of aromatic nitrogens is 1. The van der Waals surface area contributed by atoms with Crippen molar-refractivity contribution in [3.05, 3.63) is 42.0 Å². The van der Waals surface area contributed by atoms with Crippen LogP contribution in [0.5, 0.6) is 23.3 Å². The van der Waals surface area contributed by atoms with Crippen LogP contribution >= 0.6 is 0 Å². The van der Waals surface area contributed by atoms with Crippen LogP contribution in [0.4, 0.5) is 0 Å². The average molecular weight is 289 g/mol. The van der Waals surface area contributed by atoms with E-state index in [1.54, 1.807) is 18.2 Å². The summed E-state index contributed by atoms with van der Waals surface area (Å²) in [5.74, 6) is 0.455. The van der Waals surface area contributed by atoms with E-state index in [1.165, 1.54) is 25.3 Å². The number of ether oxygens (including phenoxy) is 3. The van der Waals surface area contributed by atoms with Crippen LogP contribution in [0.3, 0.4) is 0 Å². The van der Waals surface area contributed by atoms with E-state index in [0.29, 0.717) is 29.9 Å². The van der Waals surface area contributed by atoms with Gasteiger partial charge in [-0.1, -0.05) is 6.07 Å². The first-order valence-corrected chi connectivity index (χ1v) is 6.33. The Balaban J connectivity index is 2.26. The number of aromatic carboxylic acids is 1. The molecule has 0 spiro atoms. The van der Waals surface area contributed by atoms with Crippen molar-refractivity contribution in [2.75, 3.05) is 13.7 Å². The predicted octanol–water partition coefficient (Wildman–Crippen LogP) is 2.98. The molecule has 0 aliphatic heterocycles. The zero-order valence-corrected chi connectivity index (χ0v) is 11.7. The van der Waals surface area contributed by atoms with Gasteiger partial charge in [0.05, 0.1) is 19.3 Å². The van der Waals surface area contributed by atoms with Crippen molar-refractivity contribution < 1.29 is 24.1 Å². The van der Waals surface area contributed by atoms with Crippen LogP contribution in [0.25, 0.3) is 0 Å². The molecule has 0 atom stereocenters. The van der Waals surface area contributed by atoms with Crippen molar-refractivity contribution in [2.45, 2.75) is 6.92 Å². The summed E-state index contributed by atoms with van der Waals surface area (Å²) in [6.45, 7) is 2.37. The fraction of sp³-hybridized carbons (Fsp3) is 0.200. The Morgan fingerprint density at radius 3 is 2.62 bits per heavy atom. The summed E-state index contributed by atoms with van der Waals surface area (Å²) in [7, 11) is 1.44. The summed E-state index contributed by atoms with van der Waals surface area (Å²) in [5, 5.41) is 8.96. The van der Waals surface area contributed by atoms with Crippen molar-refractivity contribution in [3.63, 3.8) is 0 Å². The minimum absolute atomic E-state index is 0.121. The number of benzene rings is 1. The Hall–Kier alpha value is -2.76. The number of carboxylic acids is 1. The maximum Gasteiger partial charge on any atom is 0.335 e. The molecule has 0 unspecified atom stereocenters. The molecular weight excluding hydrogens is 274 g/mol. The van der Waals surface area contributed by atoms with E-state index in [0.717, 1.165) is 0 Å². The lowest BCUT2D eigenvalue weighted by molar-refractivity contribution is 0.0696. The van der Waals surface area contributed by atoms with E-state index in [9.17, 15) is 4.79 Å². The van der Waals surface area contributed by atoms with Gasteiger partial charge in [-0.15, -0.1) is 0 Å². The molecule has 0 bridgehead atoms. The lowest BCUT2D eigenvalue weighted by Gasteiger charge is -2.11. The Labute approximate surface area is 121 Å². The number of carbonyl (C=O) groups is 1. The minimum atomic E-state index is -1.03. The van der Waals surface area contributed by atoms with Crippen LogP contribution in [0, 0.1) is 0 Å². The lowest BCUT2D eigenvalue weighted by Crippen LogP contribution is -1.99. The van der Waals surface area contributed by atoms with Crippen LogP contribution in [0.1, 0.15) is 17.3 Å². The fourth-order valence-corrected chi connectivity index (χ4v) is 1.68. The smallest absolute Gasteiger partial charge is 0.335 e. The molecule has 1 aromatic carbocycles. The van der Waals surface area contributed by atoms with Gasteiger partial charge in [-0.3, -0.25) is 0 Å². The second-order valence-electron chi connectivity index (χ2n) is 4.02. The molecule has 1 N–H and O–H groups in total. The first-order chi connectivity index (χ1) is 10.1. The van der Waals surface area contributed by atoms with E-state index < -0.39 is 5.97 Å². The van der Waals surface area contributed by atoms with Crippen LogP contribution in [-0.4, -0.2) is 29.8 Å². The molecule has 0 aliphatic rings. The summed E-state index contributed by atoms with van der Waals surface area (Å²) in [4.78, 5) is 15.1. The van der Waals surface area contributed by atoms with Gasteiger partial charge in [-0.25, -0.2) is 4.79 Å². The molecule has 1 aromatic heterocycles. The third-order valence-electron chi connectivity index (χ3n) is 2.62. The molecule has 21 heavy (non-hydrogen) atoms. The number of methoxy groups -OCH3 is 1. The second kappa shape index (κ2) is 6.60. The average Bonchev–Trinajstić information content (AvgIpc) is 2.48. The maximum absolute atomic E-state index is 10.9. The van der Waals surface area contributed by atoms with Gasteiger partial charge < -0.3 is 19.3 Å². The molecule has 1 heterocycles. The third kappa shape index (κ3) is 3.62. The number of hydrogen-bond acceptors (Lipinski definition) is 5. The molecule has 2 rings (SSSR count). The Morgan fingerprint density at radius 1 is 1.19 bits per heavy atom. The number of hydrogen-bond donors (Lipinski definition) is 1. The molecule has 0 fully saturated rings. The van der Waals surface area contributed by atoms with Crippen LogP contribution < -0.4 is 14.2 Å². The molecule has 6 heteroatoms. The monoisotopic (exact) mass is 289 g/mol. The van der Waals surface area contributed by atoms with E-state index >= 15 is 0 Å². The van der Waals surface area contributed by atoms with Gasteiger partial charge in [0.1, 0.15) is 0 Å². The highest BCUT2D eigenvalue weighted by molar-refractivity contribution is 5.88. The lowest BCUT2D eigenvalue weighted by atomic mass is 10.2. The van der Waals surface area contributed by atoms with Gasteiger partial charge in [0.2, 0.25) is 11.8 Å². The van der Waals surface area contributed by atoms with Crippen LogP contribution in [0.15, 0.2) is 36.4 Å². The molecule has 0 aliphatic carbocycles. The van der Waals surface area contributed by atoms with Crippen molar-refractivity contribution in [2.24, 2.45) is 0 Å². The molecule has 0 amide bonds. The Morgan fingerprint density at radius 2 is 1.95 bits per heavy atom. The van der Waals surface area contributed by atoms with Gasteiger partial charge in [0, 0.05) is 12.1 Å². The van der Waals surface area contributed by atoms with E-state index in [2.05, 4.69) is 4.98 Å². The SMILES string of the molecule is CCOc1cccc(Oc2ccc(C(=O)O)cc2OC)n1. The summed E-state index contributed by atoms with van der Waals surface area (Å²) in [5.41, 5.74) is 0.121. The zero-order chi connectivity index (χ0) is 15.2. The standard InChI is InChI=1S/C15H15NO5/c1-3-20-13-5-4-6-14(16-13)21-11-8-7-10(15(17)18)9-12(11)19-2/h4-9H,3H2,1-2H3,(H,17,18). The summed E-state index contributed by atoms with van der Waals surface area (Å²) in [6.07, 6.45) is 0. The predicted molar refractivity (Wildman–Crippen MR) is 75.4 cm³/mol. The molecule has 110 valence electrons. The third-order valence-corrected chi connectivity index (χ3v) is 2.62. The van der Waals surface area contributed by atoms with E-state index in [1.807, 2.05) is 6.92 Å². The molecular formula is C15H15NO5. The zero-order valence-electron chi connectivity index (χ0n) is 11.7. The topological polar surface area (TPSA) is 77.9 Å². The molecule has 0 saturated carbocycles. The first-order valence-electron chi connectivity index (χ1n) is 6.33. The number of pyridine rings is 1. The molecule has 0 radical (unpaired) electrons. The minimum Gasteiger partial charge on any atom is -0.493 e. The van der Waals surface area contributed by atoms with Crippen molar-refractivity contribution in [1.82, 2.24) is 4.98 Å². The highest BCUT2D eigenvalue weighted by atomic mass is 16.5. The largest absolute Gasteiger partial charge is 0.493 e. The maximum atomic E-state index is 10.9. The summed E-state index contributed by atoms with van der Waals surface area (Å²) < 4.78 is 16.0. The normalized spacial score (nSPS) is 10.0. The van der Waals surface area contributed by atoms with Crippen molar-refractivity contribution >= 4 is 5.97 Å². The van der Waals surface area contributed by atoms with Gasteiger partial charge in [0.25, 0.3) is 0 Å². The van der Waals surface area contributed by atoms with Gasteiger partial charge >= 0.3 is 5.97 Å². The molecule has 0 saturated heterocycles. The Bertz CT molecular complexity index is 642. The van der Waals surface area contributed by atoms with Gasteiger partial charge in [0.15, 0.2) is 11.5 Å². The quantitative estimate of drug-likeness (QED) is 0.880. The van der Waals surface area contributed by atoms with E-state index in [4.69, 9.17) is 19.3 Å².